The third-order valence-corrected chi connectivity index (χ3v) is 5.01. The predicted octanol–water partition coefficient (Wildman–Crippen LogP) is 4.98. The summed E-state index contributed by atoms with van der Waals surface area (Å²) in [6.07, 6.45) is 3.52. The Hall–Kier alpha value is -2.86. The zero-order valence-electron chi connectivity index (χ0n) is 15.3. The number of anilines is 1. The summed E-state index contributed by atoms with van der Waals surface area (Å²) in [4.78, 5) is 4.68. The van der Waals surface area contributed by atoms with E-state index in [1.165, 1.54) is 18.6 Å². The van der Waals surface area contributed by atoms with Gasteiger partial charge in [0.25, 0.3) is 0 Å². The van der Waals surface area contributed by atoms with E-state index in [0.717, 1.165) is 29.7 Å². The smallest absolute Gasteiger partial charge is 0.197 e. The Balaban J connectivity index is 1.48. The maximum atomic E-state index is 13.1. The SMILES string of the molecule is Fc1ccc(-c2cc(N/C(=N\Cc3ccc(Cl)cc3)NC3CCC3)n[nH]2)cc1. The molecule has 144 valence electrons. The largest absolute Gasteiger partial charge is 0.353 e. The summed E-state index contributed by atoms with van der Waals surface area (Å²) < 4.78 is 13.1. The van der Waals surface area contributed by atoms with Crippen LogP contribution in [-0.4, -0.2) is 22.2 Å². The van der Waals surface area contributed by atoms with Gasteiger partial charge in [0.1, 0.15) is 5.82 Å². The molecule has 0 radical (unpaired) electrons. The van der Waals surface area contributed by atoms with Gasteiger partial charge in [0.2, 0.25) is 0 Å². The van der Waals surface area contributed by atoms with E-state index in [1.807, 2.05) is 30.3 Å². The van der Waals surface area contributed by atoms with Crippen molar-refractivity contribution in [1.82, 2.24) is 15.5 Å². The number of nitrogens with zero attached hydrogens (tertiary/aromatic N) is 2. The molecule has 4 rings (SSSR count). The van der Waals surface area contributed by atoms with Gasteiger partial charge in [-0.3, -0.25) is 5.10 Å². The first kappa shape index (κ1) is 18.5. The molecule has 0 amide bonds. The normalized spacial score (nSPS) is 14.6. The minimum Gasteiger partial charge on any atom is -0.353 e. The van der Waals surface area contributed by atoms with Crippen LogP contribution in [0.3, 0.4) is 0 Å². The lowest BCUT2D eigenvalue weighted by Crippen LogP contribution is -2.43. The number of hydrogen-bond donors (Lipinski definition) is 3. The molecule has 1 aliphatic rings. The van der Waals surface area contributed by atoms with E-state index in [2.05, 4.69) is 25.8 Å². The van der Waals surface area contributed by atoms with Crippen LogP contribution in [-0.2, 0) is 6.54 Å². The Kier molecular flexibility index (Phi) is 5.58. The molecule has 1 aromatic heterocycles. The fourth-order valence-corrected chi connectivity index (χ4v) is 3.04. The Bertz CT molecular complexity index is 946. The van der Waals surface area contributed by atoms with Gasteiger partial charge in [0, 0.05) is 17.1 Å². The van der Waals surface area contributed by atoms with Gasteiger partial charge < -0.3 is 10.6 Å². The number of aromatic amines is 1. The van der Waals surface area contributed by atoms with Crippen molar-refractivity contribution >= 4 is 23.4 Å². The summed E-state index contributed by atoms with van der Waals surface area (Å²) >= 11 is 5.95. The molecule has 0 atom stereocenters. The van der Waals surface area contributed by atoms with E-state index < -0.39 is 0 Å². The first-order valence-corrected chi connectivity index (χ1v) is 9.67. The van der Waals surface area contributed by atoms with E-state index in [9.17, 15) is 4.39 Å². The van der Waals surface area contributed by atoms with Gasteiger partial charge >= 0.3 is 0 Å². The van der Waals surface area contributed by atoms with Gasteiger partial charge in [-0.2, -0.15) is 5.10 Å². The zero-order valence-corrected chi connectivity index (χ0v) is 16.0. The molecule has 5 nitrogen and oxygen atoms in total. The lowest BCUT2D eigenvalue weighted by molar-refractivity contribution is 0.383. The first-order valence-electron chi connectivity index (χ1n) is 9.29. The van der Waals surface area contributed by atoms with Crippen molar-refractivity contribution in [3.8, 4) is 11.3 Å². The number of rotatable bonds is 5. The number of guanidine groups is 1. The second-order valence-corrected chi connectivity index (χ2v) is 7.30. The van der Waals surface area contributed by atoms with Crippen LogP contribution < -0.4 is 10.6 Å². The summed E-state index contributed by atoms with van der Waals surface area (Å²) in [5.74, 6) is 1.08. The fourth-order valence-electron chi connectivity index (χ4n) is 2.91. The quantitative estimate of drug-likeness (QED) is 0.420. The van der Waals surface area contributed by atoms with E-state index in [1.54, 1.807) is 12.1 Å². The van der Waals surface area contributed by atoms with E-state index in [4.69, 9.17) is 11.6 Å². The number of aromatic nitrogens is 2. The maximum Gasteiger partial charge on any atom is 0.197 e. The van der Waals surface area contributed by atoms with Gasteiger partial charge in [-0.15, -0.1) is 0 Å². The Labute approximate surface area is 168 Å². The lowest BCUT2D eigenvalue weighted by Gasteiger charge is -2.28. The molecule has 1 heterocycles. The van der Waals surface area contributed by atoms with Crippen molar-refractivity contribution < 1.29 is 4.39 Å². The van der Waals surface area contributed by atoms with Crippen LogP contribution in [0.25, 0.3) is 11.3 Å². The second kappa shape index (κ2) is 8.44. The van der Waals surface area contributed by atoms with Crippen molar-refractivity contribution in [2.24, 2.45) is 4.99 Å². The minimum atomic E-state index is -0.261. The summed E-state index contributed by atoms with van der Waals surface area (Å²) in [5.41, 5.74) is 2.75. The van der Waals surface area contributed by atoms with Crippen LogP contribution in [0.1, 0.15) is 24.8 Å². The Morgan fingerprint density at radius 3 is 2.57 bits per heavy atom. The highest BCUT2D eigenvalue weighted by Crippen LogP contribution is 2.21. The molecule has 1 saturated carbocycles. The molecule has 28 heavy (non-hydrogen) atoms. The number of nitrogens with one attached hydrogen (secondary N) is 3. The molecular formula is C21H21ClFN5. The van der Waals surface area contributed by atoms with Gasteiger partial charge in [0.05, 0.1) is 12.2 Å². The molecule has 0 saturated heterocycles. The minimum absolute atomic E-state index is 0.261. The van der Waals surface area contributed by atoms with Gasteiger partial charge in [-0.25, -0.2) is 9.38 Å². The molecule has 0 spiro atoms. The molecule has 0 bridgehead atoms. The third-order valence-electron chi connectivity index (χ3n) is 4.76. The van der Waals surface area contributed by atoms with Gasteiger partial charge in [0.15, 0.2) is 11.8 Å². The average Bonchev–Trinajstić information content (AvgIpc) is 3.13. The molecule has 1 fully saturated rings. The lowest BCUT2D eigenvalue weighted by atomic mass is 9.93. The average molecular weight is 398 g/mol. The summed E-state index contributed by atoms with van der Waals surface area (Å²) in [7, 11) is 0. The molecule has 3 aromatic rings. The fraction of sp³-hybridized carbons (Fsp3) is 0.238. The molecule has 2 aromatic carbocycles. The van der Waals surface area contributed by atoms with Crippen LogP contribution >= 0.6 is 11.6 Å². The Morgan fingerprint density at radius 1 is 1.14 bits per heavy atom. The topological polar surface area (TPSA) is 65.1 Å². The summed E-state index contributed by atoms with van der Waals surface area (Å²) in [6, 6.07) is 16.3. The third kappa shape index (κ3) is 4.70. The van der Waals surface area contributed by atoms with Crippen LogP contribution in [0, 0.1) is 5.82 Å². The molecule has 7 heteroatoms. The van der Waals surface area contributed by atoms with Crippen molar-refractivity contribution in [2.45, 2.75) is 31.8 Å². The predicted molar refractivity (Wildman–Crippen MR) is 111 cm³/mol. The zero-order chi connectivity index (χ0) is 19.3. The number of hydrogen-bond acceptors (Lipinski definition) is 2. The van der Waals surface area contributed by atoms with Crippen LogP contribution in [0.15, 0.2) is 59.6 Å². The number of aliphatic imine (C=N–C) groups is 1. The highest BCUT2D eigenvalue weighted by atomic mass is 35.5. The summed E-state index contributed by atoms with van der Waals surface area (Å²) in [6.45, 7) is 0.536. The molecule has 0 unspecified atom stereocenters. The van der Waals surface area contributed by atoms with E-state index >= 15 is 0 Å². The molecule has 3 N–H and O–H groups in total. The van der Waals surface area contributed by atoms with Crippen molar-refractivity contribution in [1.29, 1.82) is 0 Å². The molecule has 0 aliphatic heterocycles. The molecule has 1 aliphatic carbocycles. The van der Waals surface area contributed by atoms with Crippen LogP contribution in [0.4, 0.5) is 10.2 Å². The number of benzene rings is 2. The monoisotopic (exact) mass is 397 g/mol. The van der Waals surface area contributed by atoms with E-state index in [0.29, 0.717) is 29.4 Å². The van der Waals surface area contributed by atoms with Crippen LogP contribution in [0.5, 0.6) is 0 Å². The first-order chi connectivity index (χ1) is 13.7. The highest BCUT2D eigenvalue weighted by Gasteiger charge is 2.19. The van der Waals surface area contributed by atoms with Crippen LogP contribution in [0.2, 0.25) is 5.02 Å². The highest BCUT2D eigenvalue weighted by molar-refractivity contribution is 6.30. The summed E-state index contributed by atoms with van der Waals surface area (Å²) in [5, 5.41) is 14.7. The van der Waals surface area contributed by atoms with E-state index in [-0.39, 0.29) is 5.82 Å². The van der Waals surface area contributed by atoms with Gasteiger partial charge in [-0.1, -0.05) is 23.7 Å². The number of halogens is 2. The van der Waals surface area contributed by atoms with Gasteiger partial charge in [-0.05, 0) is 66.8 Å². The van der Waals surface area contributed by atoms with Crippen molar-refractivity contribution in [2.75, 3.05) is 5.32 Å². The standard InChI is InChI=1S/C21H21ClFN5/c22-16-8-4-14(5-9-16)13-24-21(25-18-2-1-3-18)26-20-12-19(27-28-20)15-6-10-17(23)11-7-15/h4-12,18H,1-3,13H2,(H3,24,25,26,27,28). The molecular weight excluding hydrogens is 377 g/mol. The van der Waals surface area contributed by atoms with Crippen molar-refractivity contribution in [3.63, 3.8) is 0 Å². The van der Waals surface area contributed by atoms with Crippen molar-refractivity contribution in [3.05, 3.63) is 71.0 Å². The second-order valence-electron chi connectivity index (χ2n) is 6.86. The number of H-pyrrole nitrogens is 1. The Morgan fingerprint density at radius 2 is 1.89 bits per heavy atom. The maximum absolute atomic E-state index is 13.1.